The van der Waals surface area contributed by atoms with Gasteiger partial charge in [-0.1, -0.05) is 34.4 Å². The van der Waals surface area contributed by atoms with Gasteiger partial charge in [-0.05, 0) is 0 Å². The van der Waals surface area contributed by atoms with E-state index in [9.17, 15) is 4.79 Å². The maximum Gasteiger partial charge on any atom is 0.187 e. The Morgan fingerprint density at radius 3 is 2.27 bits per heavy atom. The number of carbonyl (C=O) groups excluding carboxylic acids is 1. The lowest BCUT2D eigenvalue weighted by Gasteiger charge is -2.25. The van der Waals surface area contributed by atoms with Gasteiger partial charge in [-0.3, -0.25) is 4.79 Å². The third-order valence-corrected chi connectivity index (χ3v) is 2.88. The lowest BCUT2D eigenvalue weighted by Crippen LogP contribution is -2.38. The molecule has 0 saturated carbocycles. The van der Waals surface area contributed by atoms with Gasteiger partial charge < -0.3 is 4.48 Å². The van der Waals surface area contributed by atoms with Crippen LogP contribution in [0.1, 0.15) is 6.92 Å². The number of quaternary nitrogens is 1. The number of rotatable bonds is 3. The molecule has 0 fully saturated rings. The van der Waals surface area contributed by atoms with Gasteiger partial charge >= 0.3 is 0 Å². The molecule has 0 saturated heterocycles. The highest BCUT2D eigenvalue weighted by Gasteiger charge is 2.16. The molecule has 0 aliphatic rings. The molecule has 0 aliphatic heterocycles. The second-order valence-electron chi connectivity index (χ2n) is 3.49. The highest BCUT2D eigenvalue weighted by molar-refractivity contribution is 14.1. The summed E-state index contributed by atoms with van der Waals surface area (Å²) in [5.41, 5.74) is 0. The predicted molar refractivity (Wildman–Crippen MR) is 59.0 cm³/mol. The molecule has 0 amide bonds. The number of nitrogens with zero attached hydrogens (tertiary/aromatic N) is 1. The van der Waals surface area contributed by atoms with Crippen LogP contribution in [0.15, 0.2) is 0 Å². The first-order valence-electron chi connectivity index (χ1n) is 3.43. The topological polar surface area (TPSA) is 17.1 Å². The standard InChI is InChI=1S/C7H15INOS/c1-6(10)11-7(8)5-9(2,3)4/h7H,5H2,1-4H3/q+1. The molecule has 0 aromatic rings. The van der Waals surface area contributed by atoms with Crippen molar-refractivity contribution in [1.82, 2.24) is 0 Å². The summed E-state index contributed by atoms with van der Waals surface area (Å²) in [5.74, 6) is 0. The van der Waals surface area contributed by atoms with E-state index in [1.54, 1.807) is 6.92 Å². The fourth-order valence-corrected chi connectivity index (χ4v) is 3.79. The predicted octanol–water partition coefficient (Wildman–Crippen LogP) is 1.73. The first kappa shape index (κ1) is 11.7. The van der Waals surface area contributed by atoms with Crippen molar-refractivity contribution in [2.24, 2.45) is 0 Å². The van der Waals surface area contributed by atoms with Crippen molar-refractivity contribution in [1.29, 1.82) is 0 Å². The lowest BCUT2D eigenvalue weighted by atomic mass is 10.6. The fourth-order valence-electron chi connectivity index (χ4n) is 0.648. The van der Waals surface area contributed by atoms with Gasteiger partial charge in [0.15, 0.2) is 5.12 Å². The zero-order chi connectivity index (χ0) is 9.07. The molecular formula is C7H15INOS+. The maximum absolute atomic E-state index is 10.7. The summed E-state index contributed by atoms with van der Waals surface area (Å²) < 4.78 is 1.30. The summed E-state index contributed by atoms with van der Waals surface area (Å²) >= 11 is 3.72. The van der Waals surface area contributed by atoms with Crippen LogP contribution in [0.25, 0.3) is 0 Å². The molecule has 0 aromatic heterocycles. The second kappa shape index (κ2) is 4.67. The third kappa shape index (κ3) is 8.62. The first-order valence-corrected chi connectivity index (χ1v) is 5.55. The van der Waals surface area contributed by atoms with Crippen LogP contribution >= 0.6 is 34.4 Å². The zero-order valence-corrected chi connectivity index (χ0v) is 10.4. The lowest BCUT2D eigenvalue weighted by molar-refractivity contribution is -0.868. The van der Waals surface area contributed by atoms with Gasteiger partial charge in [0.05, 0.1) is 27.7 Å². The van der Waals surface area contributed by atoms with Crippen LogP contribution < -0.4 is 0 Å². The van der Waals surface area contributed by atoms with Crippen LogP contribution in [0.5, 0.6) is 0 Å². The minimum atomic E-state index is 0.206. The molecule has 1 atom stereocenters. The van der Waals surface area contributed by atoms with E-state index in [1.165, 1.54) is 11.8 Å². The van der Waals surface area contributed by atoms with Crippen LogP contribution in [0.3, 0.4) is 0 Å². The van der Waals surface area contributed by atoms with Crippen molar-refractivity contribution in [3.63, 3.8) is 0 Å². The summed E-state index contributed by atoms with van der Waals surface area (Å²) in [4.78, 5) is 10.7. The molecule has 0 bridgehead atoms. The van der Waals surface area contributed by atoms with E-state index < -0.39 is 0 Å². The molecule has 0 rings (SSSR count). The van der Waals surface area contributed by atoms with Crippen molar-refractivity contribution in [2.45, 2.75) is 10.2 Å². The minimum absolute atomic E-state index is 0.206. The summed E-state index contributed by atoms with van der Waals surface area (Å²) in [6.45, 7) is 2.64. The van der Waals surface area contributed by atoms with Gasteiger partial charge in [0.2, 0.25) is 0 Å². The van der Waals surface area contributed by atoms with Crippen LogP contribution in [-0.4, -0.2) is 40.5 Å². The van der Waals surface area contributed by atoms with Crippen LogP contribution in [0.4, 0.5) is 0 Å². The molecule has 0 aromatic carbocycles. The highest BCUT2D eigenvalue weighted by atomic mass is 127. The molecule has 0 spiro atoms. The number of hydrogen-bond acceptors (Lipinski definition) is 2. The number of hydrogen-bond donors (Lipinski definition) is 0. The minimum Gasteiger partial charge on any atom is -0.329 e. The summed E-state index contributed by atoms with van der Waals surface area (Å²) in [7, 11) is 6.39. The number of alkyl halides is 1. The molecule has 0 heterocycles. The molecule has 11 heavy (non-hydrogen) atoms. The number of halogens is 1. The van der Waals surface area contributed by atoms with Crippen molar-refractivity contribution < 1.29 is 9.28 Å². The monoisotopic (exact) mass is 288 g/mol. The van der Waals surface area contributed by atoms with E-state index in [0.29, 0.717) is 3.26 Å². The average Bonchev–Trinajstić information content (AvgIpc) is 1.53. The van der Waals surface area contributed by atoms with Crippen molar-refractivity contribution in [2.75, 3.05) is 27.7 Å². The highest BCUT2D eigenvalue weighted by Crippen LogP contribution is 2.20. The normalized spacial score (nSPS) is 14.6. The Labute approximate surface area is 86.4 Å². The van der Waals surface area contributed by atoms with E-state index in [0.717, 1.165) is 11.0 Å². The summed E-state index contributed by atoms with van der Waals surface area (Å²) in [6.07, 6.45) is 0. The summed E-state index contributed by atoms with van der Waals surface area (Å²) in [5, 5.41) is 0.206. The van der Waals surface area contributed by atoms with Crippen LogP contribution in [0.2, 0.25) is 0 Å². The second-order valence-corrected chi connectivity index (χ2v) is 7.22. The van der Waals surface area contributed by atoms with Crippen molar-refractivity contribution >= 4 is 39.5 Å². The number of carbonyl (C=O) groups is 1. The van der Waals surface area contributed by atoms with Crippen LogP contribution in [0, 0.1) is 0 Å². The molecule has 66 valence electrons. The largest absolute Gasteiger partial charge is 0.329 e. The molecule has 4 heteroatoms. The molecule has 0 radical (unpaired) electrons. The Hall–Kier alpha value is 0.710. The Kier molecular flexibility index (Phi) is 4.97. The van der Waals surface area contributed by atoms with E-state index in [4.69, 9.17) is 0 Å². The summed E-state index contributed by atoms with van der Waals surface area (Å²) in [6, 6.07) is 0. The van der Waals surface area contributed by atoms with E-state index in [-0.39, 0.29) is 5.12 Å². The van der Waals surface area contributed by atoms with Gasteiger partial charge in [-0.15, -0.1) is 0 Å². The fraction of sp³-hybridized carbons (Fsp3) is 0.857. The zero-order valence-electron chi connectivity index (χ0n) is 7.43. The molecule has 0 N–H and O–H groups in total. The Morgan fingerprint density at radius 1 is 1.55 bits per heavy atom. The average molecular weight is 288 g/mol. The van der Waals surface area contributed by atoms with Gasteiger partial charge in [-0.25, -0.2) is 0 Å². The quantitative estimate of drug-likeness (QED) is 0.447. The molecule has 1 unspecified atom stereocenters. The number of thioether (sulfide) groups is 1. The van der Waals surface area contributed by atoms with Crippen molar-refractivity contribution in [3.8, 4) is 0 Å². The van der Waals surface area contributed by atoms with Crippen molar-refractivity contribution in [3.05, 3.63) is 0 Å². The Bertz CT molecular complexity index is 144. The van der Waals surface area contributed by atoms with Gasteiger partial charge in [0, 0.05) is 6.92 Å². The third-order valence-electron chi connectivity index (χ3n) is 0.985. The van der Waals surface area contributed by atoms with E-state index >= 15 is 0 Å². The molecule has 2 nitrogen and oxygen atoms in total. The smallest absolute Gasteiger partial charge is 0.187 e. The van der Waals surface area contributed by atoms with E-state index in [2.05, 4.69) is 43.7 Å². The Morgan fingerprint density at radius 2 is 2.00 bits per heavy atom. The molecule has 0 aliphatic carbocycles. The van der Waals surface area contributed by atoms with Crippen LogP contribution in [-0.2, 0) is 4.79 Å². The van der Waals surface area contributed by atoms with Gasteiger partial charge in [0.1, 0.15) is 3.26 Å². The SMILES string of the molecule is CC(=O)SC(I)C[N+](C)(C)C. The van der Waals surface area contributed by atoms with Gasteiger partial charge in [-0.2, -0.15) is 0 Å². The first-order chi connectivity index (χ1) is 4.81. The molecular weight excluding hydrogens is 273 g/mol. The van der Waals surface area contributed by atoms with E-state index in [1.807, 2.05) is 0 Å². The maximum atomic E-state index is 10.7. The Balaban J connectivity index is 3.69. The van der Waals surface area contributed by atoms with Gasteiger partial charge in [0.25, 0.3) is 0 Å².